The Balaban J connectivity index is 2.82. The minimum absolute atomic E-state index is 0.413. The first-order valence-corrected chi connectivity index (χ1v) is 5.36. The summed E-state index contributed by atoms with van der Waals surface area (Å²) in [7, 11) is 1.64. The van der Waals surface area contributed by atoms with Gasteiger partial charge in [0.2, 0.25) is 0 Å². The number of allylic oxidation sites excluding steroid dienone is 2. The van der Waals surface area contributed by atoms with Crippen LogP contribution in [0.1, 0.15) is 19.4 Å². The zero-order chi connectivity index (χ0) is 12.0. The Hall–Kier alpha value is -1.57. The van der Waals surface area contributed by atoms with E-state index in [1.807, 2.05) is 50.3 Å². The van der Waals surface area contributed by atoms with Crippen LogP contribution in [-0.2, 0) is 11.2 Å². The number of benzene rings is 1. The number of carbonyl (C=O) groups is 1. The molecule has 0 aliphatic carbocycles. The van der Waals surface area contributed by atoms with Crippen molar-refractivity contribution in [1.82, 2.24) is 0 Å². The van der Waals surface area contributed by atoms with E-state index in [0.717, 1.165) is 17.6 Å². The average molecular weight is 218 g/mol. The second kappa shape index (κ2) is 5.50. The maximum atomic E-state index is 11.1. The summed E-state index contributed by atoms with van der Waals surface area (Å²) < 4.78 is 5.09. The lowest BCUT2D eigenvalue weighted by Gasteiger charge is -2.18. The number of aldehydes is 1. The summed E-state index contributed by atoms with van der Waals surface area (Å²) in [6, 6.07) is 7.81. The van der Waals surface area contributed by atoms with E-state index in [1.165, 1.54) is 0 Å². The molecule has 0 spiro atoms. The van der Waals surface area contributed by atoms with E-state index < -0.39 is 5.41 Å². The van der Waals surface area contributed by atoms with E-state index in [9.17, 15) is 4.79 Å². The minimum Gasteiger partial charge on any atom is -0.497 e. The molecule has 0 aliphatic heterocycles. The van der Waals surface area contributed by atoms with Crippen LogP contribution < -0.4 is 4.74 Å². The quantitative estimate of drug-likeness (QED) is 0.561. The summed E-state index contributed by atoms with van der Waals surface area (Å²) in [5.41, 5.74) is 0.720. The summed E-state index contributed by atoms with van der Waals surface area (Å²) in [4.78, 5) is 11.1. The minimum atomic E-state index is -0.413. The first-order valence-electron chi connectivity index (χ1n) is 5.36. The van der Waals surface area contributed by atoms with Gasteiger partial charge in [0.1, 0.15) is 12.0 Å². The van der Waals surface area contributed by atoms with E-state index in [-0.39, 0.29) is 0 Å². The van der Waals surface area contributed by atoms with Crippen LogP contribution in [0.2, 0.25) is 0 Å². The third kappa shape index (κ3) is 3.23. The van der Waals surface area contributed by atoms with Crippen LogP contribution in [0.15, 0.2) is 36.4 Å². The first-order chi connectivity index (χ1) is 7.63. The van der Waals surface area contributed by atoms with Crippen LogP contribution in [0.4, 0.5) is 0 Å². The van der Waals surface area contributed by atoms with Gasteiger partial charge < -0.3 is 9.53 Å². The molecule has 86 valence electrons. The Bertz CT molecular complexity index is 365. The second-order valence-corrected chi connectivity index (χ2v) is 4.15. The Morgan fingerprint density at radius 3 is 2.38 bits per heavy atom. The molecule has 0 amide bonds. The number of hydrogen-bond acceptors (Lipinski definition) is 2. The van der Waals surface area contributed by atoms with Crippen molar-refractivity contribution >= 4 is 6.29 Å². The molecule has 2 heteroatoms. The lowest BCUT2D eigenvalue weighted by Crippen LogP contribution is -2.18. The van der Waals surface area contributed by atoms with Gasteiger partial charge in [-0.25, -0.2) is 0 Å². The van der Waals surface area contributed by atoms with E-state index in [4.69, 9.17) is 4.74 Å². The Morgan fingerprint density at radius 2 is 1.94 bits per heavy atom. The van der Waals surface area contributed by atoms with Crippen LogP contribution in [-0.4, -0.2) is 13.4 Å². The highest BCUT2D eigenvalue weighted by Gasteiger charge is 2.19. The highest BCUT2D eigenvalue weighted by Crippen LogP contribution is 2.23. The highest BCUT2D eigenvalue weighted by atomic mass is 16.5. The first kappa shape index (κ1) is 12.5. The molecule has 0 aliphatic rings. The van der Waals surface area contributed by atoms with E-state index >= 15 is 0 Å². The number of rotatable bonds is 5. The van der Waals surface area contributed by atoms with Gasteiger partial charge in [0.25, 0.3) is 0 Å². The van der Waals surface area contributed by atoms with Crippen molar-refractivity contribution in [2.75, 3.05) is 7.11 Å². The van der Waals surface area contributed by atoms with Gasteiger partial charge in [-0.1, -0.05) is 24.3 Å². The Morgan fingerprint density at radius 1 is 1.31 bits per heavy atom. The fourth-order valence-electron chi connectivity index (χ4n) is 1.70. The van der Waals surface area contributed by atoms with Gasteiger partial charge in [0.05, 0.1) is 7.11 Å². The van der Waals surface area contributed by atoms with Crippen molar-refractivity contribution in [1.29, 1.82) is 0 Å². The third-order valence-corrected chi connectivity index (χ3v) is 2.56. The summed E-state index contributed by atoms with van der Waals surface area (Å²) in [5.74, 6) is 0.836. The average Bonchev–Trinajstić information content (AvgIpc) is 2.30. The molecular formula is C14H18O2. The fraction of sp³-hybridized carbons (Fsp3) is 0.357. The number of methoxy groups -OCH3 is 1. The van der Waals surface area contributed by atoms with Crippen LogP contribution in [0, 0.1) is 5.41 Å². The molecule has 0 heterocycles. The molecule has 1 unspecified atom stereocenters. The van der Waals surface area contributed by atoms with Gasteiger partial charge in [-0.05, 0) is 38.0 Å². The normalized spacial score (nSPS) is 14.7. The smallest absolute Gasteiger partial charge is 0.129 e. The van der Waals surface area contributed by atoms with Crippen molar-refractivity contribution in [2.24, 2.45) is 5.41 Å². The van der Waals surface area contributed by atoms with Crippen molar-refractivity contribution < 1.29 is 9.53 Å². The van der Waals surface area contributed by atoms with Gasteiger partial charge in [-0.2, -0.15) is 0 Å². The molecule has 1 aromatic rings. The van der Waals surface area contributed by atoms with Crippen LogP contribution in [0.3, 0.4) is 0 Å². The molecule has 0 fully saturated rings. The Kier molecular flexibility index (Phi) is 4.29. The number of hydrogen-bond donors (Lipinski definition) is 0. The van der Waals surface area contributed by atoms with Crippen molar-refractivity contribution in [2.45, 2.75) is 20.3 Å². The van der Waals surface area contributed by atoms with Crippen LogP contribution in [0.25, 0.3) is 0 Å². The molecular weight excluding hydrogens is 200 g/mol. The molecule has 1 rings (SSSR count). The monoisotopic (exact) mass is 218 g/mol. The number of carbonyl (C=O) groups excluding carboxylic acids is 1. The SMILES string of the molecule is CC=CC(C)(C=O)Cc1ccc(OC)cc1. The third-order valence-electron chi connectivity index (χ3n) is 2.56. The maximum Gasteiger partial charge on any atom is 0.129 e. The van der Waals surface area contributed by atoms with Gasteiger partial charge in [0.15, 0.2) is 0 Å². The molecule has 16 heavy (non-hydrogen) atoms. The van der Waals surface area contributed by atoms with Crippen LogP contribution in [0.5, 0.6) is 5.75 Å². The van der Waals surface area contributed by atoms with Crippen molar-refractivity contribution in [3.8, 4) is 5.75 Å². The predicted octanol–water partition coefficient (Wildman–Crippen LogP) is 3.02. The van der Waals surface area contributed by atoms with Crippen molar-refractivity contribution in [3.05, 3.63) is 42.0 Å². The largest absolute Gasteiger partial charge is 0.497 e. The van der Waals surface area contributed by atoms with Crippen molar-refractivity contribution in [3.63, 3.8) is 0 Å². The molecule has 0 aromatic heterocycles. The van der Waals surface area contributed by atoms with Gasteiger partial charge in [0, 0.05) is 5.41 Å². The molecule has 1 atom stereocenters. The summed E-state index contributed by atoms with van der Waals surface area (Å²) in [6.45, 7) is 3.86. The zero-order valence-corrected chi connectivity index (χ0v) is 10.1. The standard InChI is InChI=1S/C14H18O2/c1-4-9-14(2,11-15)10-12-5-7-13(16-3)8-6-12/h4-9,11H,10H2,1-3H3. The summed E-state index contributed by atoms with van der Waals surface area (Å²) in [6.07, 6.45) is 5.56. The fourth-order valence-corrected chi connectivity index (χ4v) is 1.70. The molecule has 0 saturated heterocycles. The zero-order valence-electron chi connectivity index (χ0n) is 10.1. The maximum absolute atomic E-state index is 11.1. The van der Waals surface area contributed by atoms with E-state index in [1.54, 1.807) is 7.11 Å². The van der Waals surface area contributed by atoms with E-state index in [2.05, 4.69) is 0 Å². The second-order valence-electron chi connectivity index (χ2n) is 4.15. The highest BCUT2D eigenvalue weighted by molar-refractivity contribution is 5.62. The number of ether oxygens (including phenoxy) is 1. The lowest BCUT2D eigenvalue weighted by atomic mass is 9.85. The molecule has 0 saturated carbocycles. The summed E-state index contributed by atoms with van der Waals surface area (Å²) in [5, 5.41) is 0. The van der Waals surface area contributed by atoms with E-state index in [0.29, 0.717) is 6.42 Å². The van der Waals surface area contributed by atoms with Crippen LogP contribution >= 0.6 is 0 Å². The van der Waals surface area contributed by atoms with Gasteiger partial charge >= 0.3 is 0 Å². The van der Waals surface area contributed by atoms with Gasteiger partial charge in [-0.3, -0.25) is 0 Å². The molecule has 1 aromatic carbocycles. The van der Waals surface area contributed by atoms with Gasteiger partial charge in [-0.15, -0.1) is 0 Å². The predicted molar refractivity (Wildman–Crippen MR) is 65.7 cm³/mol. The lowest BCUT2D eigenvalue weighted by molar-refractivity contribution is -0.113. The topological polar surface area (TPSA) is 26.3 Å². The Labute approximate surface area is 96.9 Å². The molecule has 0 radical (unpaired) electrons. The molecule has 0 bridgehead atoms. The molecule has 0 N–H and O–H groups in total. The molecule has 2 nitrogen and oxygen atoms in total. The summed E-state index contributed by atoms with van der Waals surface area (Å²) >= 11 is 0.